The molecule has 0 spiro atoms. The van der Waals surface area contributed by atoms with Crippen LogP contribution < -0.4 is 15.4 Å². The third kappa shape index (κ3) is 7.83. The average Bonchev–Trinajstić information content (AvgIpc) is 2.78. The second-order valence-corrected chi connectivity index (χ2v) is 14.1. The first-order chi connectivity index (χ1) is 16.0. The third-order valence-corrected chi connectivity index (χ3v) is 10.3. The van der Waals surface area contributed by atoms with Crippen molar-refractivity contribution in [1.29, 1.82) is 0 Å². The largest absolute Gasteiger partial charge is 0.497 e. The van der Waals surface area contributed by atoms with Crippen LogP contribution in [-0.2, 0) is 15.8 Å². The van der Waals surface area contributed by atoms with E-state index in [1.54, 1.807) is 19.2 Å². The van der Waals surface area contributed by atoms with Gasteiger partial charge in [-0.3, -0.25) is 10.3 Å². The Hall–Kier alpha value is -2.93. The molecule has 0 aliphatic rings. The number of terminal acetylenes is 1. The zero-order valence-electron chi connectivity index (χ0n) is 20.6. The zero-order chi connectivity index (χ0) is 25.4. The second-order valence-electron chi connectivity index (χ2n) is 9.37. The molecular formula is C25H34FN3O4Si. The van der Waals surface area contributed by atoms with Crippen LogP contribution >= 0.6 is 0 Å². The van der Waals surface area contributed by atoms with Crippen LogP contribution in [0.3, 0.4) is 0 Å². The number of alkyl carbamates (subject to hydrolysis) is 1. The van der Waals surface area contributed by atoms with Gasteiger partial charge in [0, 0.05) is 11.8 Å². The summed E-state index contributed by atoms with van der Waals surface area (Å²) in [5.41, 5.74) is 1.28. The molecule has 7 nitrogen and oxygen atoms in total. The fraction of sp³-hybridized carbons (Fsp3) is 0.440. The molecule has 2 rings (SSSR count). The van der Waals surface area contributed by atoms with Crippen LogP contribution in [0.5, 0.6) is 5.75 Å². The molecule has 9 heteroatoms. The molecule has 0 radical (unpaired) electrons. The van der Waals surface area contributed by atoms with Gasteiger partial charge in [0.2, 0.25) is 0 Å². The normalized spacial score (nSPS) is 13.5. The number of methoxy groups -OCH3 is 1. The number of amides is 1. The summed E-state index contributed by atoms with van der Waals surface area (Å²) >= 11 is 0. The van der Waals surface area contributed by atoms with E-state index < -0.39 is 32.5 Å². The van der Waals surface area contributed by atoms with E-state index in [0.29, 0.717) is 11.3 Å². The number of ether oxygens (including phenoxy) is 2. The SMILES string of the molecule is C#CCN[C@@H](NC(=O)OCc1ccc(OC)cc1)[C@H](O[Si](C)(C)C(C)(C)C)c1cncc(F)c1. The Kier molecular flexibility index (Phi) is 9.62. The molecule has 34 heavy (non-hydrogen) atoms. The molecule has 2 aromatic rings. The Labute approximate surface area is 202 Å². The minimum absolute atomic E-state index is 0.0625. The summed E-state index contributed by atoms with van der Waals surface area (Å²) in [6.45, 7) is 10.7. The maximum atomic E-state index is 14.1. The number of nitrogens with one attached hydrogen (secondary N) is 2. The van der Waals surface area contributed by atoms with Crippen molar-refractivity contribution in [3.8, 4) is 18.1 Å². The van der Waals surface area contributed by atoms with Gasteiger partial charge in [0.1, 0.15) is 30.4 Å². The van der Waals surface area contributed by atoms with E-state index in [-0.39, 0.29) is 18.2 Å². The highest BCUT2D eigenvalue weighted by Crippen LogP contribution is 2.40. The fourth-order valence-electron chi connectivity index (χ4n) is 2.85. The zero-order valence-corrected chi connectivity index (χ0v) is 21.6. The first-order valence-corrected chi connectivity index (χ1v) is 13.9. The number of pyridine rings is 1. The highest BCUT2D eigenvalue weighted by molar-refractivity contribution is 6.74. The molecule has 0 unspecified atom stereocenters. The third-order valence-electron chi connectivity index (χ3n) is 5.81. The van der Waals surface area contributed by atoms with E-state index in [2.05, 4.69) is 55.4 Å². The van der Waals surface area contributed by atoms with E-state index in [4.69, 9.17) is 20.3 Å². The summed E-state index contributed by atoms with van der Waals surface area (Å²) in [5, 5.41) is 5.75. The highest BCUT2D eigenvalue weighted by atomic mass is 28.4. The summed E-state index contributed by atoms with van der Waals surface area (Å²) in [6.07, 6.45) is 5.90. The standard InChI is InChI=1S/C25H34FN3O4Si/c1-8-13-28-23(29-24(30)32-17-18-9-11-21(31-5)12-10-18)22(19-14-20(26)16-27-15-19)33-34(6,7)25(2,3)4/h1,9-12,14-16,22-23,28H,13,17H2,2-7H3,(H,29,30)/t22-,23+/m1/s1. The first kappa shape index (κ1) is 27.3. The summed E-state index contributed by atoms with van der Waals surface area (Å²) in [5.74, 6) is 2.71. The maximum absolute atomic E-state index is 14.1. The predicted molar refractivity (Wildman–Crippen MR) is 132 cm³/mol. The van der Waals surface area contributed by atoms with E-state index >= 15 is 0 Å². The summed E-state index contributed by atoms with van der Waals surface area (Å²) in [4.78, 5) is 16.7. The van der Waals surface area contributed by atoms with Crippen molar-refractivity contribution in [1.82, 2.24) is 15.6 Å². The number of hydrogen-bond acceptors (Lipinski definition) is 6. The van der Waals surface area contributed by atoms with E-state index in [9.17, 15) is 9.18 Å². The van der Waals surface area contributed by atoms with Gasteiger partial charge in [-0.15, -0.1) is 6.42 Å². The van der Waals surface area contributed by atoms with Gasteiger partial charge in [-0.2, -0.15) is 0 Å². The molecular weight excluding hydrogens is 453 g/mol. The summed E-state index contributed by atoms with van der Waals surface area (Å²) < 4.78 is 31.2. The Bertz CT molecular complexity index is 987. The number of carbonyl (C=O) groups excluding carboxylic acids is 1. The lowest BCUT2D eigenvalue weighted by Crippen LogP contribution is -2.53. The lowest BCUT2D eigenvalue weighted by molar-refractivity contribution is 0.0968. The number of aromatic nitrogens is 1. The van der Waals surface area contributed by atoms with Crippen molar-refractivity contribution in [3.63, 3.8) is 0 Å². The van der Waals surface area contributed by atoms with Crippen molar-refractivity contribution < 1.29 is 23.1 Å². The van der Waals surface area contributed by atoms with Crippen LogP contribution in [0.1, 0.15) is 38.0 Å². The molecule has 0 aliphatic heterocycles. The Morgan fingerprint density at radius 1 is 1.24 bits per heavy atom. The van der Waals surface area contributed by atoms with Crippen LogP contribution in [0.15, 0.2) is 42.7 Å². The Morgan fingerprint density at radius 3 is 2.47 bits per heavy atom. The molecule has 0 saturated carbocycles. The number of nitrogens with zero attached hydrogens (tertiary/aromatic N) is 1. The van der Waals surface area contributed by atoms with Crippen molar-refractivity contribution in [2.45, 2.75) is 57.8 Å². The summed E-state index contributed by atoms with van der Waals surface area (Å²) in [7, 11) is -0.765. The molecule has 1 heterocycles. The predicted octanol–water partition coefficient (Wildman–Crippen LogP) is 4.77. The minimum atomic E-state index is -2.35. The second kappa shape index (κ2) is 12.0. The van der Waals surface area contributed by atoms with Crippen molar-refractivity contribution in [3.05, 3.63) is 59.7 Å². The molecule has 0 aliphatic carbocycles. The monoisotopic (exact) mass is 487 g/mol. The lowest BCUT2D eigenvalue weighted by atomic mass is 10.1. The molecule has 1 amide bonds. The number of rotatable bonds is 10. The highest BCUT2D eigenvalue weighted by Gasteiger charge is 2.41. The minimum Gasteiger partial charge on any atom is -0.497 e. The van der Waals surface area contributed by atoms with Gasteiger partial charge in [0.05, 0.1) is 19.9 Å². The molecule has 2 atom stereocenters. The molecule has 0 bridgehead atoms. The fourth-order valence-corrected chi connectivity index (χ4v) is 4.11. The Morgan fingerprint density at radius 2 is 1.91 bits per heavy atom. The average molecular weight is 488 g/mol. The molecule has 184 valence electrons. The van der Waals surface area contributed by atoms with Gasteiger partial charge in [-0.05, 0) is 41.9 Å². The number of benzene rings is 1. The van der Waals surface area contributed by atoms with E-state index in [0.717, 1.165) is 11.8 Å². The van der Waals surface area contributed by atoms with Crippen molar-refractivity contribution in [2.24, 2.45) is 0 Å². The summed E-state index contributed by atoms with van der Waals surface area (Å²) in [6, 6.07) is 8.53. The van der Waals surface area contributed by atoms with Crippen molar-refractivity contribution in [2.75, 3.05) is 13.7 Å². The van der Waals surface area contributed by atoms with Gasteiger partial charge in [0.15, 0.2) is 8.32 Å². The van der Waals surface area contributed by atoms with E-state index in [1.807, 2.05) is 12.1 Å². The van der Waals surface area contributed by atoms with E-state index in [1.165, 1.54) is 12.3 Å². The van der Waals surface area contributed by atoms with Crippen LogP contribution in [0.25, 0.3) is 0 Å². The van der Waals surface area contributed by atoms with Crippen LogP contribution in [0.4, 0.5) is 9.18 Å². The quantitative estimate of drug-likeness (QED) is 0.286. The number of carbonyl (C=O) groups is 1. The maximum Gasteiger partial charge on any atom is 0.408 e. The first-order valence-electron chi connectivity index (χ1n) is 11.0. The molecule has 2 N–H and O–H groups in total. The number of hydrogen-bond donors (Lipinski definition) is 2. The molecule has 1 aromatic carbocycles. The van der Waals surface area contributed by atoms with Gasteiger partial charge < -0.3 is 19.2 Å². The molecule has 1 aromatic heterocycles. The topological polar surface area (TPSA) is 81.7 Å². The van der Waals surface area contributed by atoms with Gasteiger partial charge in [0.25, 0.3) is 0 Å². The van der Waals surface area contributed by atoms with Crippen molar-refractivity contribution >= 4 is 14.4 Å². The Balaban J connectivity index is 2.25. The van der Waals surface area contributed by atoms with Gasteiger partial charge in [-0.1, -0.05) is 38.8 Å². The van der Waals surface area contributed by atoms with Crippen LogP contribution in [-0.4, -0.2) is 39.2 Å². The molecule has 0 saturated heterocycles. The lowest BCUT2D eigenvalue weighted by Gasteiger charge is -2.41. The smallest absolute Gasteiger partial charge is 0.408 e. The number of halogens is 1. The van der Waals surface area contributed by atoms with Crippen LogP contribution in [0.2, 0.25) is 18.1 Å². The van der Waals surface area contributed by atoms with Gasteiger partial charge >= 0.3 is 6.09 Å². The molecule has 0 fully saturated rings. The van der Waals surface area contributed by atoms with Crippen LogP contribution in [0, 0.1) is 18.2 Å². The van der Waals surface area contributed by atoms with Gasteiger partial charge in [-0.25, -0.2) is 9.18 Å².